The van der Waals surface area contributed by atoms with E-state index in [0.29, 0.717) is 29.9 Å². The van der Waals surface area contributed by atoms with Crippen LogP contribution >= 0.6 is 0 Å². The van der Waals surface area contributed by atoms with Gasteiger partial charge in [0.15, 0.2) is 0 Å². The molecule has 2 aliphatic rings. The fourth-order valence-electron chi connectivity index (χ4n) is 4.39. The van der Waals surface area contributed by atoms with E-state index in [-0.39, 0.29) is 11.8 Å². The monoisotopic (exact) mass is 470 g/mol. The first-order valence-corrected chi connectivity index (χ1v) is 11.8. The maximum absolute atomic E-state index is 13.4. The van der Waals surface area contributed by atoms with E-state index in [0.717, 1.165) is 36.9 Å². The van der Waals surface area contributed by atoms with E-state index in [1.807, 2.05) is 33.8 Å². The minimum Gasteiger partial charge on any atom is -0.480 e. The number of aromatic nitrogens is 4. The number of rotatable bonds is 9. The SMILES string of the molecule is COc1nnc(C)cc1Cn1cc(NC(=O)[C@@H](NC(=O)OC(C)(C)C)C(C2CC2)C2CC2)cn1. The molecule has 2 aromatic rings. The molecule has 2 N–H and O–H groups in total. The maximum Gasteiger partial charge on any atom is 0.408 e. The van der Waals surface area contributed by atoms with Gasteiger partial charge >= 0.3 is 6.09 Å². The molecule has 2 fully saturated rings. The first kappa shape index (κ1) is 24.0. The van der Waals surface area contributed by atoms with Crippen LogP contribution in [0.3, 0.4) is 0 Å². The molecule has 0 saturated heterocycles. The Balaban J connectivity index is 1.47. The molecule has 0 aliphatic heterocycles. The van der Waals surface area contributed by atoms with Crippen molar-refractivity contribution in [2.45, 2.75) is 71.6 Å². The Hall–Kier alpha value is -3.17. The molecule has 34 heavy (non-hydrogen) atoms. The normalized spacial score (nSPS) is 16.8. The fraction of sp³-hybridized carbons (Fsp3) is 0.625. The topological polar surface area (TPSA) is 120 Å². The quantitative estimate of drug-likeness (QED) is 0.577. The summed E-state index contributed by atoms with van der Waals surface area (Å²) < 4.78 is 12.4. The number of hydrogen-bond donors (Lipinski definition) is 2. The predicted molar refractivity (Wildman–Crippen MR) is 125 cm³/mol. The molecule has 10 nitrogen and oxygen atoms in total. The van der Waals surface area contributed by atoms with Crippen LogP contribution in [0, 0.1) is 24.7 Å². The number of alkyl carbamates (subject to hydrolysis) is 1. The number of amides is 2. The molecule has 4 rings (SSSR count). The van der Waals surface area contributed by atoms with Gasteiger partial charge in [0.25, 0.3) is 0 Å². The Labute approximate surface area is 199 Å². The minimum atomic E-state index is -0.648. The van der Waals surface area contributed by atoms with Crippen molar-refractivity contribution >= 4 is 17.7 Å². The van der Waals surface area contributed by atoms with Gasteiger partial charge in [-0.15, -0.1) is 5.10 Å². The summed E-state index contributed by atoms with van der Waals surface area (Å²) in [7, 11) is 1.55. The third-order valence-corrected chi connectivity index (χ3v) is 6.06. The highest BCUT2D eigenvalue weighted by Gasteiger charge is 2.48. The van der Waals surface area contributed by atoms with Crippen molar-refractivity contribution in [2.24, 2.45) is 17.8 Å². The molecule has 2 aromatic heterocycles. The van der Waals surface area contributed by atoms with Crippen LogP contribution in [0.4, 0.5) is 10.5 Å². The summed E-state index contributed by atoms with van der Waals surface area (Å²) in [6.45, 7) is 7.71. The number of nitrogens with zero attached hydrogens (tertiary/aromatic N) is 4. The average molecular weight is 471 g/mol. The summed E-state index contributed by atoms with van der Waals surface area (Å²) in [5, 5.41) is 18.3. The number of carbonyl (C=O) groups is 2. The zero-order valence-electron chi connectivity index (χ0n) is 20.5. The molecule has 2 amide bonds. The summed E-state index contributed by atoms with van der Waals surface area (Å²) in [4.78, 5) is 25.9. The number of nitrogens with one attached hydrogen (secondary N) is 2. The van der Waals surface area contributed by atoms with Crippen molar-refractivity contribution in [3.63, 3.8) is 0 Å². The van der Waals surface area contributed by atoms with Gasteiger partial charge in [0.2, 0.25) is 11.8 Å². The van der Waals surface area contributed by atoms with Crippen molar-refractivity contribution in [1.82, 2.24) is 25.3 Å². The molecule has 184 valence electrons. The van der Waals surface area contributed by atoms with Crippen molar-refractivity contribution in [3.05, 3.63) is 29.7 Å². The Morgan fingerprint density at radius 1 is 1.18 bits per heavy atom. The van der Waals surface area contributed by atoms with E-state index < -0.39 is 17.7 Å². The summed E-state index contributed by atoms with van der Waals surface area (Å²) >= 11 is 0. The molecule has 10 heteroatoms. The zero-order chi connectivity index (χ0) is 24.5. The van der Waals surface area contributed by atoms with E-state index in [4.69, 9.17) is 9.47 Å². The van der Waals surface area contributed by atoms with Gasteiger partial charge in [0, 0.05) is 11.8 Å². The van der Waals surface area contributed by atoms with Gasteiger partial charge in [-0.2, -0.15) is 10.2 Å². The van der Waals surface area contributed by atoms with E-state index in [1.165, 1.54) is 0 Å². The van der Waals surface area contributed by atoms with Crippen molar-refractivity contribution in [2.75, 3.05) is 12.4 Å². The Bertz CT molecular complexity index is 1030. The summed E-state index contributed by atoms with van der Waals surface area (Å²) in [6, 6.07) is 1.24. The highest BCUT2D eigenvalue weighted by molar-refractivity contribution is 5.96. The Morgan fingerprint density at radius 2 is 1.85 bits per heavy atom. The molecule has 0 aromatic carbocycles. The van der Waals surface area contributed by atoms with Crippen molar-refractivity contribution < 1.29 is 19.1 Å². The van der Waals surface area contributed by atoms with Crippen LogP contribution in [-0.4, -0.2) is 50.7 Å². The largest absolute Gasteiger partial charge is 0.480 e. The summed E-state index contributed by atoms with van der Waals surface area (Å²) in [5.74, 6) is 1.25. The number of methoxy groups -OCH3 is 1. The lowest BCUT2D eigenvalue weighted by Gasteiger charge is -2.28. The maximum atomic E-state index is 13.4. The number of hydrogen-bond acceptors (Lipinski definition) is 7. The lowest BCUT2D eigenvalue weighted by atomic mass is 9.89. The minimum absolute atomic E-state index is 0.123. The molecular formula is C24H34N6O4. The third kappa shape index (κ3) is 6.24. The van der Waals surface area contributed by atoms with E-state index in [9.17, 15) is 9.59 Å². The van der Waals surface area contributed by atoms with Crippen molar-refractivity contribution in [1.29, 1.82) is 0 Å². The number of aryl methyl sites for hydroxylation is 1. The van der Waals surface area contributed by atoms with Gasteiger partial charge in [-0.3, -0.25) is 9.48 Å². The van der Waals surface area contributed by atoms with Gasteiger partial charge < -0.3 is 20.1 Å². The number of anilines is 1. The second kappa shape index (κ2) is 9.60. The van der Waals surface area contributed by atoms with Crippen LogP contribution in [0.2, 0.25) is 0 Å². The standard InChI is InChI=1S/C24H34N6O4/c1-14-10-17(22(33-5)29-28-14)12-30-13-18(11-25-30)26-21(31)20(27-23(32)34-24(2,3)4)19(15-6-7-15)16-8-9-16/h10-11,13,15-16,19-20H,6-9,12H2,1-5H3,(H,26,31)(H,27,32)/t20-/m0/s1. The van der Waals surface area contributed by atoms with Crippen LogP contribution in [0.5, 0.6) is 5.88 Å². The average Bonchev–Trinajstić information content (AvgIpc) is 3.67. The first-order valence-electron chi connectivity index (χ1n) is 11.8. The molecule has 0 unspecified atom stereocenters. The molecule has 1 atom stereocenters. The first-order chi connectivity index (χ1) is 16.1. The second-order valence-corrected chi connectivity index (χ2v) is 10.3. The molecule has 2 saturated carbocycles. The van der Waals surface area contributed by atoms with Crippen LogP contribution in [0.25, 0.3) is 0 Å². The highest BCUT2D eigenvalue weighted by atomic mass is 16.6. The van der Waals surface area contributed by atoms with Crippen LogP contribution in [0.15, 0.2) is 18.5 Å². The molecular weight excluding hydrogens is 436 g/mol. The van der Waals surface area contributed by atoms with Crippen LogP contribution in [0.1, 0.15) is 57.7 Å². The van der Waals surface area contributed by atoms with Gasteiger partial charge in [-0.1, -0.05) is 0 Å². The van der Waals surface area contributed by atoms with E-state index in [1.54, 1.807) is 24.2 Å². The van der Waals surface area contributed by atoms with Gasteiger partial charge in [-0.05, 0) is 77.2 Å². The summed E-state index contributed by atoms with van der Waals surface area (Å²) in [5.41, 5.74) is 1.54. The molecule has 2 heterocycles. The molecule has 0 radical (unpaired) electrons. The van der Waals surface area contributed by atoms with Crippen LogP contribution in [-0.2, 0) is 16.1 Å². The van der Waals surface area contributed by atoms with Gasteiger partial charge in [-0.25, -0.2) is 4.79 Å². The lowest BCUT2D eigenvalue weighted by molar-refractivity contribution is -0.120. The van der Waals surface area contributed by atoms with E-state index >= 15 is 0 Å². The zero-order valence-corrected chi connectivity index (χ0v) is 20.5. The van der Waals surface area contributed by atoms with Crippen molar-refractivity contribution in [3.8, 4) is 5.88 Å². The van der Waals surface area contributed by atoms with Gasteiger partial charge in [0.1, 0.15) is 11.6 Å². The second-order valence-electron chi connectivity index (χ2n) is 10.3. The highest BCUT2D eigenvalue weighted by Crippen LogP contribution is 2.50. The smallest absolute Gasteiger partial charge is 0.408 e. The molecule has 0 spiro atoms. The van der Waals surface area contributed by atoms with Crippen LogP contribution < -0.4 is 15.4 Å². The van der Waals surface area contributed by atoms with Gasteiger partial charge in [0.05, 0.1) is 31.2 Å². The lowest BCUT2D eigenvalue weighted by Crippen LogP contribution is -2.51. The predicted octanol–water partition coefficient (Wildman–Crippen LogP) is 3.31. The molecule has 0 bridgehead atoms. The third-order valence-electron chi connectivity index (χ3n) is 6.06. The fourth-order valence-corrected chi connectivity index (χ4v) is 4.39. The summed E-state index contributed by atoms with van der Waals surface area (Å²) in [6.07, 6.45) is 7.17. The van der Waals surface area contributed by atoms with E-state index in [2.05, 4.69) is 25.9 Å². The Kier molecular flexibility index (Phi) is 6.77. The number of carbonyl (C=O) groups excluding carboxylic acids is 2. The Morgan fingerprint density at radius 3 is 2.44 bits per heavy atom. The molecule has 2 aliphatic carbocycles. The number of ether oxygens (including phenoxy) is 2.